The Bertz CT molecular complexity index is 1130. The highest BCUT2D eigenvalue weighted by Crippen LogP contribution is 2.29. The summed E-state index contributed by atoms with van der Waals surface area (Å²) in [6.45, 7) is 6.03. The van der Waals surface area contributed by atoms with Gasteiger partial charge in [-0.15, -0.1) is 22.7 Å². The molecule has 138 valence electrons. The number of carbonyl (C=O) groups is 1. The fraction of sp³-hybridized carbons (Fsp3) is 0.250. The maximum atomic E-state index is 12.7. The molecule has 1 aromatic carbocycles. The van der Waals surface area contributed by atoms with Crippen molar-refractivity contribution in [1.29, 1.82) is 0 Å². The number of likely N-dealkylation sites (N-methyl/N-ethyl adjacent to an activating group) is 1. The molecule has 1 amide bonds. The van der Waals surface area contributed by atoms with Gasteiger partial charge in [-0.1, -0.05) is 12.1 Å². The molecule has 4 aromatic rings. The molecular weight excluding hydrogens is 376 g/mol. The van der Waals surface area contributed by atoms with Crippen LogP contribution in [0, 0.1) is 13.8 Å². The smallest absolute Gasteiger partial charge is 0.246 e. The Kier molecular flexibility index (Phi) is 4.57. The van der Waals surface area contributed by atoms with E-state index in [4.69, 9.17) is 0 Å². The van der Waals surface area contributed by atoms with Gasteiger partial charge in [0.15, 0.2) is 4.96 Å². The van der Waals surface area contributed by atoms with Crippen LogP contribution in [-0.4, -0.2) is 32.2 Å². The van der Waals surface area contributed by atoms with Crippen molar-refractivity contribution in [3.63, 3.8) is 0 Å². The number of hydrogen-bond acceptors (Lipinski definition) is 5. The first-order chi connectivity index (χ1) is 12.9. The first kappa shape index (κ1) is 17.9. The number of hydrogen-bond donors (Lipinski definition) is 0. The van der Waals surface area contributed by atoms with E-state index in [1.807, 2.05) is 49.6 Å². The van der Waals surface area contributed by atoms with Crippen LogP contribution in [0.4, 0.5) is 0 Å². The third-order valence-electron chi connectivity index (χ3n) is 4.64. The van der Waals surface area contributed by atoms with Crippen LogP contribution in [0.5, 0.6) is 0 Å². The topological polar surface area (TPSA) is 50.5 Å². The number of para-hydroxylation sites is 1. The van der Waals surface area contributed by atoms with Gasteiger partial charge in [-0.2, -0.15) is 0 Å². The van der Waals surface area contributed by atoms with Crippen LogP contribution in [-0.2, 0) is 4.79 Å². The minimum atomic E-state index is -0.0884. The molecule has 3 aromatic heterocycles. The lowest BCUT2D eigenvalue weighted by atomic mass is 10.2. The summed E-state index contributed by atoms with van der Waals surface area (Å²) in [6, 6.07) is 7.96. The molecule has 0 saturated carbocycles. The number of fused-ring (bicyclic) bond motifs is 2. The number of imidazole rings is 1. The van der Waals surface area contributed by atoms with Gasteiger partial charge in [0, 0.05) is 24.2 Å². The molecule has 0 spiro atoms. The average molecular weight is 397 g/mol. The van der Waals surface area contributed by atoms with Gasteiger partial charge in [0.2, 0.25) is 5.91 Å². The third kappa shape index (κ3) is 3.28. The summed E-state index contributed by atoms with van der Waals surface area (Å²) in [6.07, 6.45) is 5.52. The number of nitrogens with zero attached hydrogens (tertiary/aromatic N) is 4. The van der Waals surface area contributed by atoms with Crippen molar-refractivity contribution in [3.8, 4) is 0 Å². The van der Waals surface area contributed by atoms with Gasteiger partial charge < -0.3 is 4.90 Å². The minimum Gasteiger partial charge on any atom is -0.333 e. The van der Waals surface area contributed by atoms with E-state index in [9.17, 15) is 4.79 Å². The van der Waals surface area contributed by atoms with Gasteiger partial charge in [-0.05, 0) is 39.0 Å². The normalized spacial score (nSPS) is 13.0. The number of aryl methyl sites for hydroxylation is 2. The number of amides is 1. The number of thiazole rings is 2. The maximum absolute atomic E-state index is 12.7. The summed E-state index contributed by atoms with van der Waals surface area (Å²) in [4.78, 5) is 25.8. The average Bonchev–Trinajstić information content (AvgIpc) is 3.30. The van der Waals surface area contributed by atoms with E-state index in [0.717, 1.165) is 31.6 Å². The van der Waals surface area contributed by atoms with Crippen LogP contribution in [0.3, 0.4) is 0 Å². The highest BCUT2D eigenvalue weighted by Gasteiger charge is 2.19. The van der Waals surface area contributed by atoms with Crippen molar-refractivity contribution in [2.24, 2.45) is 0 Å². The second kappa shape index (κ2) is 6.90. The lowest BCUT2D eigenvalue weighted by Gasteiger charge is -2.21. The highest BCUT2D eigenvalue weighted by atomic mass is 32.1. The van der Waals surface area contributed by atoms with Crippen molar-refractivity contribution in [3.05, 3.63) is 57.8 Å². The molecule has 4 rings (SSSR count). The molecule has 0 bridgehead atoms. The second-order valence-corrected chi connectivity index (χ2v) is 8.83. The molecule has 5 nitrogen and oxygen atoms in total. The Morgan fingerprint density at radius 2 is 2.00 bits per heavy atom. The van der Waals surface area contributed by atoms with E-state index < -0.39 is 0 Å². The van der Waals surface area contributed by atoms with Crippen LogP contribution in [0.1, 0.15) is 34.2 Å². The lowest BCUT2D eigenvalue weighted by molar-refractivity contribution is -0.126. The van der Waals surface area contributed by atoms with E-state index in [2.05, 4.69) is 29.2 Å². The number of rotatable bonds is 4. The Labute approximate surface area is 165 Å². The first-order valence-corrected chi connectivity index (χ1v) is 10.3. The Morgan fingerprint density at radius 1 is 1.22 bits per heavy atom. The van der Waals surface area contributed by atoms with Gasteiger partial charge in [0.25, 0.3) is 0 Å². The van der Waals surface area contributed by atoms with Crippen molar-refractivity contribution in [2.75, 3.05) is 7.05 Å². The maximum Gasteiger partial charge on any atom is 0.246 e. The van der Waals surface area contributed by atoms with Crippen molar-refractivity contribution in [1.82, 2.24) is 19.3 Å². The zero-order valence-electron chi connectivity index (χ0n) is 15.6. The van der Waals surface area contributed by atoms with Gasteiger partial charge in [-0.3, -0.25) is 9.20 Å². The molecule has 0 aliphatic rings. The fourth-order valence-corrected chi connectivity index (χ4v) is 4.92. The quantitative estimate of drug-likeness (QED) is 0.463. The molecule has 0 fully saturated rings. The zero-order valence-corrected chi connectivity index (χ0v) is 17.3. The summed E-state index contributed by atoms with van der Waals surface area (Å²) in [5.74, 6) is -0.0527. The Balaban J connectivity index is 1.56. The molecule has 0 aliphatic carbocycles. The van der Waals surface area contributed by atoms with Gasteiger partial charge in [-0.25, -0.2) is 9.97 Å². The summed E-state index contributed by atoms with van der Waals surface area (Å²) < 4.78 is 3.18. The van der Waals surface area contributed by atoms with Crippen LogP contribution < -0.4 is 0 Å². The van der Waals surface area contributed by atoms with Crippen molar-refractivity contribution in [2.45, 2.75) is 26.8 Å². The minimum absolute atomic E-state index is 0.0527. The molecule has 27 heavy (non-hydrogen) atoms. The SMILES string of the molecule is Cc1cn2c(C=CC(=O)N(C)C(C)c3nc4ccccc4s3)c(C)nc2s1. The van der Waals surface area contributed by atoms with E-state index in [0.29, 0.717) is 0 Å². The van der Waals surface area contributed by atoms with Crippen LogP contribution in [0.2, 0.25) is 0 Å². The molecule has 3 heterocycles. The molecule has 0 N–H and O–H groups in total. The molecule has 0 aliphatic heterocycles. The van der Waals surface area contributed by atoms with E-state index >= 15 is 0 Å². The first-order valence-electron chi connectivity index (χ1n) is 8.69. The number of carbonyl (C=O) groups excluding carboxylic acids is 1. The number of benzene rings is 1. The highest BCUT2D eigenvalue weighted by molar-refractivity contribution is 7.18. The van der Waals surface area contributed by atoms with Crippen LogP contribution in [0.25, 0.3) is 21.3 Å². The van der Waals surface area contributed by atoms with Crippen molar-refractivity contribution < 1.29 is 4.79 Å². The summed E-state index contributed by atoms with van der Waals surface area (Å²) >= 11 is 3.28. The summed E-state index contributed by atoms with van der Waals surface area (Å²) in [5, 5.41) is 0.942. The summed E-state index contributed by atoms with van der Waals surface area (Å²) in [5.41, 5.74) is 2.85. The van der Waals surface area contributed by atoms with E-state index in [1.54, 1.807) is 33.6 Å². The van der Waals surface area contributed by atoms with Gasteiger partial charge in [0.05, 0.1) is 27.6 Å². The fourth-order valence-electron chi connectivity index (χ4n) is 2.97. The summed E-state index contributed by atoms with van der Waals surface area (Å²) in [7, 11) is 1.82. The van der Waals surface area contributed by atoms with Crippen LogP contribution in [0.15, 0.2) is 36.5 Å². The molecule has 0 saturated heterocycles. The number of aromatic nitrogens is 3. The predicted molar refractivity (Wildman–Crippen MR) is 112 cm³/mol. The molecule has 1 unspecified atom stereocenters. The molecule has 7 heteroatoms. The monoisotopic (exact) mass is 396 g/mol. The van der Waals surface area contributed by atoms with Crippen LogP contribution >= 0.6 is 22.7 Å². The lowest BCUT2D eigenvalue weighted by Crippen LogP contribution is -2.27. The van der Waals surface area contributed by atoms with Gasteiger partial charge >= 0.3 is 0 Å². The predicted octanol–water partition coefficient (Wildman–Crippen LogP) is 4.86. The standard InChI is InChI=1S/C20H20N4OS2/c1-12-11-24-16(13(2)21-20(24)26-12)9-10-18(25)23(4)14(3)19-22-15-7-5-6-8-17(15)27-19/h5-11,14H,1-4H3. The molecular formula is C20H20N4OS2. The van der Waals surface area contributed by atoms with E-state index in [-0.39, 0.29) is 11.9 Å². The van der Waals surface area contributed by atoms with Crippen molar-refractivity contribution >= 4 is 49.8 Å². The largest absolute Gasteiger partial charge is 0.333 e. The Morgan fingerprint density at radius 3 is 2.78 bits per heavy atom. The van der Waals surface area contributed by atoms with Gasteiger partial charge in [0.1, 0.15) is 5.01 Å². The van der Waals surface area contributed by atoms with E-state index in [1.165, 1.54) is 4.88 Å². The second-order valence-electron chi connectivity index (χ2n) is 6.56. The molecule has 0 radical (unpaired) electrons. The molecule has 1 atom stereocenters. The zero-order chi connectivity index (χ0) is 19.1. The third-order valence-corrected chi connectivity index (χ3v) is 6.75. The Hall–Kier alpha value is -2.51.